The molecule has 0 radical (unpaired) electrons. The number of carbonyl (C=O) groups is 1. The molecule has 0 bridgehead atoms. The lowest BCUT2D eigenvalue weighted by Gasteiger charge is -2.10. The molecule has 0 aromatic heterocycles. The summed E-state index contributed by atoms with van der Waals surface area (Å²) in [6.45, 7) is -0.167. The van der Waals surface area contributed by atoms with Gasteiger partial charge in [0.15, 0.2) is 0 Å². The van der Waals surface area contributed by atoms with Crippen molar-refractivity contribution in [2.75, 3.05) is 12.4 Å². The normalized spacial score (nSPS) is 10.4. The average molecular weight is 340 g/mol. The fourth-order valence-corrected chi connectivity index (χ4v) is 2.34. The van der Waals surface area contributed by atoms with E-state index in [4.69, 9.17) is 27.9 Å². The first-order valence-corrected chi connectivity index (χ1v) is 7.30. The SMILES string of the molecule is COc1ccc(NC(=O)Cc2ccc(Cl)c(Cl)c2)cc1CO. The third kappa shape index (κ3) is 4.13. The number of aliphatic hydroxyl groups excluding tert-OH is 1. The fourth-order valence-electron chi connectivity index (χ4n) is 2.02. The van der Waals surface area contributed by atoms with Crippen LogP contribution in [0.4, 0.5) is 5.69 Å². The summed E-state index contributed by atoms with van der Waals surface area (Å²) in [5, 5.41) is 12.9. The number of nitrogens with one attached hydrogen (secondary N) is 1. The number of rotatable bonds is 5. The Morgan fingerprint density at radius 2 is 1.95 bits per heavy atom. The maximum atomic E-state index is 12.1. The summed E-state index contributed by atoms with van der Waals surface area (Å²) < 4.78 is 5.12. The molecule has 0 aliphatic carbocycles. The van der Waals surface area contributed by atoms with E-state index in [1.807, 2.05) is 0 Å². The van der Waals surface area contributed by atoms with E-state index in [-0.39, 0.29) is 18.9 Å². The van der Waals surface area contributed by atoms with E-state index < -0.39 is 0 Å². The minimum atomic E-state index is -0.188. The van der Waals surface area contributed by atoms with Gasteiger partial charge in [-0.1, -0.05) is 29.3 Å². The Hall–Kier alpha value is -1.75. The number of ether oxygens (including phenoxy) is 1. The van der Waals surface area contributed by atoms with Gasteiger partial charge < -0.3 is 15.2 Å². The maximum absolute atomic E-state index is 12.1. The number of carbonyl (C=O) groups excluding carboxylic acids is 1. The summed E-state index contributed by atoms with van der Waals surface area (Å²) in [7, 11) is 1.52. The first-order chi connectivity index (χ1) is 10.5. The molecule has 0 spiro atoms. The van der Waals surface area contributed by atoms with Gasteiger partial charge in [0.1, 0.15) is 5.75 Å². The summed E-state index contributed by atoms with van der Waals surface area (Å²) >= 11 is 11.8. The molecule has 0 aliphatic heterocycles. The Balaban J connectivity index is 2.07. The van der Waals surface area contributed by atoms with Crippen LogP contribution in [0, 0.1) is 0 Å². The van der Waals surface area contributed by atoms with Gasteiger partial charge in [-0.05, 0) is 35.9 Å². The van der Waals surface area contributed by atoms with Crippen LogP contribution in [0.1, 0.15) is 11.1 Å². The molecule has 2 rings (SSSR count). The number of hydrogen-bond donors (Lipinski definition) is 2. The van der Waals surface area contributed by atoms with Gasteiger partial charge in [0.05, 0.1) is 30.2 Å². The van der Waals surface area contributed by atoms with Crippen molar-refractivity contribution < 1.29 is 14.6 Å². The quantitative estimate of drug-likeness (QED) is 0.873. The predicted octanol–water partition coefficient (Wildman–Crippen LogP) is 3.68. The Bertz CT molecular complexity index is 689. The summed E-state index contributed by atoms with van der Waals surface area (Å²) in [6, 6.07) is 10.2. The molecule has 0 saturated carbocycles. The van der Waals surface area contributed by atoms with Gasteiger partial charge in [-0.3, -0.25) is 4.79 Å². The summed E-state index contributed by atoms with van der Waals surface area (Å²) in [6.07, 6.45) is 0.178. The van der Waals surface area contributed by atoms with Crippen LogP contribution in [0.5, 0.6) is 5.75 Å². The van der Waals surface area contributed by atoms with E-state index in [2.05, 4.69) is 5.32 Å². The minimum Gasteiger partial charge on any atom is -0.496 e. The largest absolute Gasteiger partial charge is 0.496 e. The van der Waals surface area contributed by atoms with Crippen molar-refractivity contribution in [1.29, 1.82) is 0 Å². The topological polar surface area (TPSA) is 58.6 Å². The minimum absolute atomic E-state index is 0.167. The van der Waals surface area contributed by atoms with Crippen LogP contribution < -0.4 is 10.1 Å². The standard InChI is InChI=1S/C16H15Cl2NO3/c1-22-15-5-3-12(8-11(15)9-20)19-16(21)7-10-2-4-13(17)14(18)6-10/h2-6,8,20H,7,9H2,1H3,(H,19,21). The zero-order valence-corrected chi connectivity index (χ0v) is 13.4. The van der Waals surface area contributed by atoms with Crippen molar-refractivity contribution in [3.8, 4) is 5.75 Å². The van der Waals surface area contributed by atoms with E-state index in [1.54, 1.807) is 36.4 Å². The van der Waals surface area contributed by atoms with E-state index in [0.717, 1.165) is 5.56 Å². The molecule has 0 aliphatic rings. The van der Waals surface area contributed by atoms with Gasteiger partial charge in [0.2, 0.25) is 5.91 Å². The van der Waals surface area contributed by atoms with Crippen molar-refractivity contribution in [3.05, 3.63) is 57.6 Å². The number of hydrogen-bond acceptors (Lipinski definition) is 3. The van der Waals surface area contributed by atoms with E-state index in [9.17, 15) is 9.90 Å². The second-order valence-corrected chi connectivity index (χ2v) is 5.47. The smallest absolute Gasteiger partial charge is 0.228 e. The first-order valence-electron chi connectivity index (χ1n) is 6.55. The predicted molar refractivity (Wildman–Crippen MR) is 87.7 cm³/mol. The third-order valence-corrected chi connectivity index (χ3v) is 3.82. The summed E-state index contributed by atoms with van der Waals surface area (Å²) in [5.41, 5.74) is 1.97. The van der Waals surface area contributed by atoms with Crippen molar-refractivity contribution in [1.82, 2.24) is 0 Å². The molecule has 0 atom stereocenters. The molecular weight excluding hydrogens is 325 g/mol. The van der Waals surface area contributed by atoms with Crippen LogP contribution in [-0.4, -0.2) is 18.1 Å². The third-order valence-electron chi connectivity index (χ3n) is 3.08. The Kier molecular flexibility index (Phi) is 5.66. The van der Waals surface area contributed by atoms with Gasteiger partial charge in [-0.15, -0.1) is 0 Å². The molecule has 6 heteroatoms. The van der Waals surface area contributed by atoms with E-state index in [1.165, 1.54) is 7.11 Å². The molecule has 116 valence electrons. The monoisotopic (exact) mass is 339 g/mol. The lowest BCUT2D eigenvalue weighted by molar-refractivity contribution is -0.115. The summed E-state index contributed by atoms with van der Waals surface area (Å²) in [5.74, 6) is 0.387. The number of halogens is 2. The van der Waals surface area contributed by atoms with Crippen LogP contribution in [0.25, 0.3) is 0 Å². The van der Waals surface area contributed by atoms with Crippen molar-refractivity contribution in [3.63, 3.8) is 0 Å². The van der Waals surface area contributed by atoms with Gasteiger partial charge in [-0.2, -0.15) is 0 Å². The molecule has 0 fully saturated rings. The molecule has 1 amide bonds. The van der Waals surface area contributed by atoms with Gasteiger partial charge >= 0.3 is 0 Å². The first kappa shape index (κ1) is 16.6. The van der Waals surface area contributed by atoms with Crippen LogP contribution in [0.3, 0.4) is 0 Å². The highest BCUT2D eigenvalue weighted by atomic mass is 35.5. The van der Waals surface area contributed by atoms with Crippen molar-refractivity contribution in [2.45, 2.75) is 13.0 Å². The lowest BCUT2D eigenvalue weighted by Crippen LogP contribution is -2.14. The molecule has 2 aromatic rings. The number of anilines is 1. The highest BCUT2D eigenvalue weighted by Gasteiger charge is 2.08. The summed E-state index contributed by atoms with van der Waals surface area (Å²) in [4.78, 5) is 12.1. The molecule has 2 N–H and O–H groups in total. The van der Waals surface area contributed by atoms with Crippen molar-refractivity contribution in [2.24, 2.45) is 0 Å². The van der Waals surface area contributed by atoms with Gasteiger partial charge in [0, 0.05) is 11.3 Å². The molecule has 22 heavy (non-hydrogen) atoms. The second-order valence-electron chi connectivity index (χ2n) is 4.66. The van der Waals surface area contributed by atoms with E-state index in [0.29, 0.717) is 27.0 Å². The zero-order valence-electron chi connectivity index (χ0n) is 11.9. The molecule has 0 saturated heterocycles. The highest BCUT2D eigenvalue weighted by Crippen LogP contribution is 2.24. The molecule has 4 nitrogen and oxygen atoms in total. The maximum Gasteiger partial charge on any atom is 0.228 e. The molecule has 0 heterocycles. The van der Waals surface area contributed by atoms with Crippen LogP contribution in [0.15, 0.2) is 36.4 Å². The van der Waals surface area contributed by atoms with Crippen LogP contribution in [0.2, 0.25) is 10.0 Å². The molecule has 0 unspecified atom stereocenters. The van der Waals surface area contributed by atoms with E-state index >= 15 is 0 Å². The Morgan fingerprint density at radius 1 is 1.18 bits per heavy atom. The lowest BCUT2D eigenvalue weighted by atomic mass is 10.1. The number of benzene rings is 2. The van der Waals surface area contributed by atoms with Gasteiger partial charge in [-0.25, -0.2) is 0 Å². The zero-order chi connectivity index (χ0) is 16.1. The average Bonchev–Trinajstić information content (AvgIpc) is 2.50. The second kappa shape index (κ2) is 7.49. The number of methoxy groups -OCH3 is 1. The van der Waals surface area contributed by atoms with Crippen molar-refractivity contribution >= 4 is 34.8 Å². The van der Waals surface area contributed by atoms with Gasteiger partial charge in [0.25, 0.3) is 0 Å². The fraction of sp³-hybridized carbons (Fsp3) is 0.188. The van der Waals surface area contributed by atoms with Crippen LogP contribution in [-0.2, 0) is 17.8 Å². The highest BCUT2D eigenvalue weighted by molar-refractivity contribution is 6.42. The Morgan fingerprint density at radius 3 is 2.59 bits per heavy atom. The molecular formula is C16H15Cl2NO3. The Labute approximate surface area is 138 Å². The molecule has 2 aromatic carbocycles. The number of amides is 1. The number of aliphatic hydroxyl groups is 1. The van der Waals surface area contributed by atoms with Crippen LogP contribution >= 0.6 is 23.2 Å².